The number of benzene rings is 1. The predicted octanol–water partition coefficient (Wildman–Crippen LogP) is 2.07. The maximum Gasteiger partial charge on any atom is 0.274 e. The molecular formula is C16H15N3O4. The van der Waals surface area contributed by atoms with E-state index in [0.29, 0.717) is 28.5 Å². The Hall–Kier alpha value is -3.09. The Morgan fingerprint density at radius 2 is 2.17 bits per heavy atom. The number of anilines is 1. The molecule has 0 bridgehead atoms. The van der Waals surface area contributed by atoms with Gasteiger partial charge in [-0.1, -0.05) is 0 Å². The number of hydrazone groups is 1. The van der Waals surface area contributed by atoms with Crippen molar-refractivity contribution in [2.45, 2.75) is 13.8 Å². The quantitative estimate of drug-likeness (QED) is 0.670. The molecule has 1 aromatic heterocycles. The van der Waals surface area contributed by atoms with Crippen LogP contribution in [0, 0.1) is 6.92 Å². The van der Waals surface area contributed by atoms with Crippen molar-refractivity contribution in [3.63, 3.8) is 0 Å². The molecule has 1 aliphatic heterocycles. The summed E-state index contributed by atoms with van der Waals surface area (Å²) in [6.45, 7) is 3.48. The number of fused-ring (bicyclic) bond motifs is 1. The van der Waals surface area contributed by atoms with Crippen molar-refractivity contribution < 1.29 is 18.7 Å². The first-order valence-electron chi connectivity index (χ1n) is 7.00. The fraction of sp³-hybridized carbons (Fsp3) is 0.188. The van der Waals surface area contributed by atoms with Gasteiger partial charge in [0.15, 0.2) is 6.61 Å². The summed E-state index contributed by atoms with van der Waals surface area (Å²) in [5.41, 5.74) is 4.87. The second-order valence-corrected chi connectivity index (χ2v) is 5.08. The van der Waals surface area contributed by atoms with E-state index in [4.69, 9.17) is 9.15 Å². The van der Waals surface area contributed by atoms with Gasteiger partial charge in [-0.2, -0.15) is 5.10 Å². The summed E-state index contributed by atoms with van der Waals surface area (Å²) in [7, 11) is 0. The molecule has 7 nitrogen and oxygen atoms in total. The van der Waals surface area contributed by atoms with Gasteiger partial charge in [0, 0.05) is 0 Å². The third kappa shape index (κ3) is 3.08. The number of nitrogens with one attached hydrogen (secondary N) is 2. The molecular weight excluding hydrogens is 298 g/mol. The monoisotopic (exact) mass is 313 g/mol. The summed E-state index contributed by atoms with van der Waals surface area (Å²) in [6.07, 6.45) is 1.45. The lowest BCUT2D eigenvalue weighted by molar-refractivity contribution is -0.118. The first-order valence-corrected chi connectivity index (χ1v) is 7.00. The van der Waals surface area contributed by atoms with E-state index in [0.717, 1.165) is 5.56 Å². The molecule has 0 aliphatic carbocycles. The Bertz CT molecular complexity index is 807. The number of furan rings is 1. The zero-order chi connectivity index (χ0) is 16.4. The summed E-state index contributed by atoms with van der Waals surface area (Å²) in [6, 6.07) is 6.90. The molecule has 2 heterocycles. The highest BCUT2D eigenvalue weighted by Gasteiger charge is 2.16. The van der Waals surface area contributed by atoms with Crippen LogP contribution in [0.15, 0.2) is 40.0 Å². The Morgan fingerprint density at radius 1 is 1.35 bits per heavy atom. The molecule has 2 amide bonds. The molecule has 118 valence electrons. The van der Waals surface area contributed by atoms with Crippen molar-refractivity contribution in [1.29, 1.82) is 0 Å². The number of carbonyl (C=O) groups is 2. The molecule has 0 atom stereocenters. The first kappa shape index (κ1) is 14.8. The number of hydrogen-bond donors (Lipinski definition) is 2. The van der Waals surface area contributed by atoms with Gasteiger partial charge in [-0.05, 0) is 43.7 Å². The lowest BCUT2D eigenvalue weighted by atomic mass is 10.1. The molecule has 7 heteroatoms. The van der Waals surface area contributed by atoms with Crippen LogP contribution in [0.5, 0.6) is 5.75 Å². The Balaban J connectivity index is 1.76. The van der Waals surface area contributed by atoms with Crippen LogP contribution in [0.4, 0.5) is 5.69 Å². The number of ether oxygens (including phenoxy) is 1. The van der Waals surface area contributed by atoms with Crippen LogP contribution in [0.3, 0.4) is 0 Å². The van der Waals surface area contributed by atoms with E-state index in [2.05, 4.69) is 15.8 Å². The standard InChI is InChI=1S/C16H15N3O4/c1-9(18-19-16(21)12-5-6-22-10(12)2)11-3-4-14-13(7-11)17-15(20)8-23-14/h3-7H,8H2,1-2H3,(H,17,20)(H,19,21)/b18-9-. The minimum absolute atomic E-state index is 0.0134. The van der Waals surface area contributed by atoms with Gasteiger partial charge in [-0.15, -0.1) is 0 Å². The normalized spacial score (nSPS) is 13.8. The van der Waals surface area contributed by atoms with Crippen molar-refractivity contribution in [2.24, 2.45) is 5.10 Å². The van der Waals surface area contributed by atoms with Crippen molar-refractivity contribution in [1.82, 2.24) is 5.43 Å². The average molecular weight is 313 g/mol. The van der Waals surface area contributed by atoms with E-state index in [9.17, 15) is 9.59 Å². The minimum atomic E-state index is -0.342. The third-order valence-electron chi connectivity index (χ3n) is 3.46. The number of carbonyl (C=O) groups excluding carboxylic acids is 2. The maximum absolute atomic E-state index is 12.0. The van der Waals surface area contributed by atoms with Gasteiger partial charge >= 0.3 is 0 Å². The first-order chi connectivity index (χ1) is 11.0. The Kier molecular flexibility index (Phi) is 3.84. The van der Waals surface area contributed by atoms with Crippen LogP contribution >= 0.6 is 0 Å². The van der Waals surface area contributed by atoms with Crippen molar-refractivity contribution in [3.05, 3.63) is 47.4 Å². The van der Waals surface area contributed by atoms with Gasteiger partial charge in [-0.25, -0.2) is 5.43 Å². The van der Waals surface area contributed by atoms with Gasteiger partial charge in [0.1, 0.15) is 11.5 Å². The second-order valence-electron chi connectivity index (χ2n) is 5.08. The molecule has 1 aliphatic rings. The second kappa shape index (κ2) is 5.96. The maximum atomic E-state index is 12.0. The lowest BCUT2D eigenvalue weighted by Gasteiger charge is -2.18. The lowest BCUT2D eigenvalue weighted by Crippen LogP contribution is -2.25. The van der Waals surface area contributed by atoms with Crippen LogP contribution in [-0.2, 0) is 4.79 Å². The van der Waals surface area contributed by atoms with Gasteiger partial charge in [0.2, 0.25) is 0 Å². The SMILES string of the molecule is C/C(=N/NC(=O)c1ccoc1C)c1ccc2c(c1)NC(=O)CO2. The number of rotatable bonds is 3. The number of hydrogen-bond acceptors (Lipinski definition) is 5. The molecule has 2 aromatic rings. The topological polar surface area (TPSA) is 92.9 Å². The highest BCUT2D eigenvalue weighted by atomic mass is 16.5. The third-order valence-corrected chi connectivity index (χ3v) is 3.46. The van der Waals surface area contributed by atoms with Crippen LogP contribution < -0.4 is 15.5 Å². The van der Waals surface area contributed by atoms with Crippen molar-refractivity contribution in [2.75, 3.05) is 11.9 Å². The van der Waals surface area contributed by atoms with E-state index in [-0.39, 0.29) is 18.4 Å². The zero-order valence-electron chi connectivity index (χ0n) is 12.7. The average Bonchev–Trinajstić information content (AvgIpc) is 2.97. The van der Waals surface area contributed by atoms with Crippen LogP contribution in [-0.4, -0.2) is 24.1 Å². The summed E-state index contributed by atoms with van der Waals surface area (Å²) in [5, 5.41) is 6.81. The van der Waals surface area contributed by atoms with Crippen LogP contribution in [0.2, 0.25) is 0 Å². The fourth-order valence-corrected chi connectivity index (χ4v) is 2.19. The molecule has 0 unspecified atom stereocenters. The molecule has 0 saturated carbocycles. The van der Waals surface area contributed by atoms with Gasteiger partial charge in [-0.3, -0.25) is 9.59 Å². The molecule has 0 fully saturated rings. The van der Waals surface area contributed by atoms with Crippen LogP contribution in [0.1, 0.15) is 28.6 Å². The molecule has 0 spiro atoms. The van der Waals surface area contributed by atoms with E-state index >= 15 is 0 Å². The van der Waals surface area contributed by atoms with Crippen molar-refractivity contribution >= 4 is 23.2 Å². The minimum Gasteiger partial charge on any atom is -0.482 e. The molecule has 1 aromatic carbocycles. The predicted molar refractivity (Wildman–Crippen MR) is 83.7 cm³/mol. The highest BCUT2D eigenvalue weighted by Crippen LogP contribution is 2.28. The van der Waals surface area contributed by atoms with Crippen LogP contribution in [0.25, 0.3) is 0 Å². The summed E-state index contributed by atoms with van der Waals surface area (Å²) >= 11 is 0. The number of amides is 2. The summed E-state index contributed by atoms with van der Waals surface area (Å²) < 4.78 is 10.4. The Morgan fingerprint density at radius 3 is 2.91 bits per heavy atom. The van der Waals surface area contributed by atoms with E-state index in [1.165, 1.54) is 6.26 Å². The Labute approximate surface area is 132 Å². The van der Waals surface area contributed by atoms with Crippen molar-refractivity contribution in [3.8, 4) is 5.75 Å². The van der Waals surface area contributed by atoms with E-state index < -0.39 is 0 Å². The molecule has 0 saturated heterocycles. The molecule has 23 heavy (non-hydrogen) atoms. The summed E-state index contributed by atoms with van der Waals surface area (Å²) in [5.74, 6) is 0.598. The van der Waals surface area contributed by atoms with Gasteiger partial charge in [0.05, 0.1) is 23.2 Å². The zero-order valence-corrected chi connectivity index (χ0v) is 12.7. The van der Waals surface area contributed by atoms with E-state index in [1.807, 2.05) is 6.07 Å². The molecule has 2 N–H and O–H groups in total. The summed E-state index contributed by atoms with van der Waals surface area (Å²) in [4.78, 5) is 23.3. The number of aryl methyl sites for hydroxylation is 1. The largest absolute Gasteiger partial charge is 0.482 e. The van der Waals surface area contributed by atoms with E-state index in [1.54, 1.807) is 32.0 Å². The highest BCUT2D eigenvalue weighted by molar-refractivity contribution is 6.03. The smallest absolute Gasteiger partial charge is 0.274 e. The van der Waals surface area contributed by atoms with Gasteiger partial charge < -0.3 is 14.5 Å². The van der Waals surface area contributed by atoms with Gasteiger partial charge in [0.25, 0.3) is 11.8 Å². The number of nitrogens with zero attached hydrogens (tertiary/aromatic N) is 1. The molecule has 3 rings (SSSR count). The fourth-order valence-electron chi connectivity index (χ4n) is 2.19. The molecule has 0 radical (unpaired) electrons.